The molecule has 0 unspecified atom stereocenters. The fourth-order valence-electron chi connectivity index (χ4n) is 3.31. The first-order valence-corrected chi connectivity index (χ1v) is 10.1. The molecule has 0 saturated heterocycles. The zero-order valence-electron chi connectivity index (χ0n) is 16.5. The van der Waals surface area contributed by atoms with Crippen molar-refractivity contribution in [3.63, 3.8) is 0 Å². The predicted molar refractivity (Wildman–Crippen MR) is 121 cm³/mol. The molecule has 8 nitrogen and oxygen atoms in total. The Hall–Kier alpha value is -3.81. The minimum absolute atomic E-state index is 0.699. The van der Waals surface area contributed by atoms with Gasteiger partial charge in [-0.25, -0.2) is 20.0 Å². The molecule has 0 fully saturated rings. The van der Waals surface area contributed by atoms with E-state index in [2.05, 4.69) is 42.7 Å². The van der Waals surface area contributed by atoms with Gasteiger partial charge in [-0.2, -0.15) is 0 Å². The molecule has 0 spiro atoms. The van der Waals surface area contributed by atoms with Crippen LogP contribution in [0.5, 0.6) is 0 Å². The minimum Gasteiger partial charge on any atom is -0.354 e. The number of rotatable bonds is 3. The van der Waals surface area contributed by atoms with Crippen LogP contribution in [0.25, 0.3) is 16.9 Å². The van der Waals surface area contributed by atoms with Crippen molar-refractivity contribution in [2.45, 2.75) is 6.42 Å². The van der Waals surface area contributed by atoms with E-state index in [4.69, 9.17) is 4.98 Å². The van der Waals surface area contributed by atoms with Crippen molar-refractivity contribution in [1.82, 2.24) is 20.0 Å². The van der Waals surface area contributed by atoms with Crippen molar-refractivity contribution in [2.75, 3.05) is 26.2 Å². The number of fused-ring (bicyclic) bond motifs is 1. The van der Waals surface area contributed by atoms with E-state index >= 15 is 0 Å². The molecule has 0 amide bonds. The topological polar surface area (TPSA) is 90.8 Å². The van der Waals surface area contributed by atoms with Gasteiger partial charge in [0.25, 0.3) is 0 Å². The predicted octanol–water partition coefficient (Wildman–Crippen LogP) is 2.15. The quantitative estimate of drug-likeness (QED) is 0.663. The van der Waals surface area contributed by atoms with Gasteiger partial charge in [0, 0.05) is 55.6 Å². The van der Waals surface area contributed by atoms with Crippen molar-refractivity contribution >= 4 is 30.0 Å². The molecule has 8 heteroatoms. The molecule has 2 N–H and O–H groups in total. The number of hydrogen-bond donors (Lipinski definition) is 2. The maximum absolute atomic E-state index is 4.73. The van der Waals surface area contributed by atoms with E-state index in [9.17, 15) is 0 Å². The number of aliphatic imine (C=N–C) groups is 4. The van der Waals surface area contributed by atoms with E-state index < -0.39 is 0 Å². The summed E-state index contributed by atoms with van der Waals surface area (Å²) in [6.45, 7) is 3.41. The van der Waals surface area contributed by atoms with E-state index in [0.717, 1.165) is 60.6 Å². The summed E-state index contributed by atoms with van der Waals surface area (Å²) in [4.78, 5) is 22.2. The fraction of sp³-hybridized carbons (Fsp3) is 0.227. The molecule has 3 aromatic rings. The van der Waals surface area contributed by atoms with Gasteiger partial charge in [-0.05, 0) is 24.1 Å². The smallest absolute Gasteiger partial charge is 0.218 e. The first-order chi connectivity index (χ1) is 14.8. The van der Waals surface area contributed by atoms with Crippen LogP contribution < -0.4 is 10.6 Å². The van der Waals surface area contributed by atoms with Crippen LogP contribution in [0.1, 0.15) is 17.5 Å². The first kappa shape index (κ1) is 18.2. The Morgan fingerprint density at radius 3 is 2.27 bits per heavy atom. The van der Waals surface area contributed by atoms with Gasteiger partial charge < -0.3 is 15.0 Å². The third kappa shape index (κ3) is 4.12. The van der Waals surface area contributed by atoms with Crippen LogP contribution in [0.4, 0.5) is 0 Å². The van der Waals surface area contributed by atoms with E-state index in [1.807, 2.05) is 53.5 Å². The summed E-state index contributed by atoms with van der Waals surface area (Å²) in [5, 5.41) is 6.33. The monoisotopic (exact) mass is 398 g/mol. The summed E-state index contributed by atoms with van der Waals surface area (Å²) >= 11 is 0. The van der Waals surface area contributed by atoms with Crippen LogP contribution in [0.3, 0.4) is 0 Å². The molecule has 2 aliphatic heterocycles. The number of guanidine groups is 2. The van der Waals surface area contributed by atoms with Crippen LogP contribution in [0, 0.1) is 0 Å². The molecular weight excluding hydrogens is 376 g/mol. The lowest BCUT2D eigenvalue weighted by atomic mass is 10.1. The highest BCUT2D eigenvalue weighted by atomic mass is 15.2. The summed E-state index contributed by atoms with van der Waals surface area (Å²) in [6, 6.07) is 12.2. The highest BCUT2D eigenvalue weighted by molar-refractivity contribution is 5.95. The average molecular weight is 398 g/mol. The lowest BCUT2D eigenvalue weighted by molar-refractivity contribution is 0.736. The van der Waals surface area contributed by atoms with Crippen LogP contribution in [0.2, 0.25) is 0 Å². The largest absolute Gasteiger partial charge is 0.354 e. The number of nitrogens with one attached hydrogen (secondary N) is 2. The molecule has 30 heavy (non-hydrogen) atoms. The van der Waals surface area contributed by atoms with E-state index in [1.54, 1.807) is 0 Å². The molecule has 2 aromatic heterocycles. The molecule has 150 valence electrons. The molecule has 1 aromatic carbocycles. The van der Waals surface area contributed by atoms with E-state index in [0.29, 0.717) is 11.9 Å². The number of hydrogen-bond acceptors (Lipinski definition) is 7. The van der Waals surface area contributed by atoms with Crippen LogP contribution in [-0.2, 0) is 0 Å². The van der Waals surface area contributed by atoms with Gasteiger partial charge in [-0.15, -0.1) is 0 Å². The number of aromatic nitrogens is 2. The van der Waals surface area contributed by atoms with Crippen molar-refractivity contribution in [2.24, 2.45) is 20.0 Å². The molecule has 0 aliphatic carbocycles. The lowest BCUT2D eigenvalue weighted by Crippen LogP contribution is -2.27. The summed E-state index contributed by atoms with van der Waals surface area (Å²) in [5.74, 6) is 1.40. The van der Waals surface area contributed by atoms with E-state index in [-0.39, 0.29) is 0 Å². The summed E-state index contributed by atoms with van der Waals surface area (Å²) in [7, 11) is 0. The lowest BCUT2D eigenvalue weighted by Gasteiger charge is -2.09. The zero-order valence-corrected chi connectivity index (χ0v) is 16.5. The van der Waals surface area contributed by atoms with Crippen LogP contribution in [-0.4, -0.2) is 59.9 Å². The Bertz CT molecular complexity index is 1170. The Kier molecular flexibility index (Phi) is 5.03. The molecule has 5 rings (SSSR count). The molecule has 0 saturated carbocycles. The van der Waals surface area contributed by atoms with Gasteiger partial charge in [-0.3, -0.25) is 4.99 Å². The zero-order chi connectivity index (χ0) is 20.2. The number of nitrogens with zero attached hydrogens (tertiary/aromatic N) is 6. The van der Waals surface area contributed by atoms with E-state index in [1.165, 1.54) is 0 Å². The normalized spacial score (nSPS) is 16.7. The Morgan fingerprint density at radius 2 is 1.53 bits per heavy atom. The fourth-order valence-corrected chi connectivity index (χ4v) is 3.31. The summed E-state index contributed by atoms with van der Waals surface area (Å²) in [5.41, 5.74) is 4.90. The third-order valence-electron chi connectivity index (χ3n) is 4.89. The van der Waals surface area contributed by atoms with Gasteiger partial charge in [-0.1, -0.05) is 24.3 Å². The average Bonchev–Trinajstić information content (AvgIpc) is 3.47. The Balaban J connectivity index is 1.33. The number of benzene rings is 1. The third-order valence-corrected chi connectivity index (χ3v) is 4.89. The second kappa shape index (κ2) is 8.28. The Labute approximate surface area is 174 Å². The minimum atomic E-state index is 0.699. The number of imidazole rings is 1. The summed E-state index contributed by atoms with van der Waals surface area (Å²) < 4.78 is 2.02. The van der Waals surface area contributed by atoms with Crippen molar-refractivity contribution in [3.8, 4) is 11.3 Å². The summed E-state index contributed by atoms with van der Waals surface area (Å²) in [6.07, 6.45) is 8.76. The highest BCUT2D eigenvalue weighted by Crippen LogP contribution is 2.20. The van der Waals surface area contributed by atoms with Gasteiger partial charge in [0.1, 0.15) is 5.65 Å². The van der Waals surface area contributed by atoms with Crippen molar-refractivity contribution in [1.29, 1.82) is 0 Å². The van der Waals surface area contributed by atoms with Crippen LogP contribution in [0.15, 0.2) is 68.8 Å². The second-order valence-corrected chi connectivity index (χ2v) is 7.11. The standard InChI is InChI=1S/C22H22N8/c1-8-23-21(24-9-1)28-13-17-4-7-20-29-19(15-30(20)14-17)18-5-2-16(3-6-18)12-27-22-25-10-11-26-22/h2-7,12-15H,1,8-11H2,(H,23,24)(H,25,26)/b27-12+,28-13+. The Morgan fingerprint density at radius 1 is 0.800 bits per heavy atom. The van der Waals surface area contributed by atoms with Gasteiger partial charge in [0.15, 0.2) is 0 Å². The molecule has 2 aliphatic rings. The molecule has 4 heterocycles. The molecular formula is C22H22N8. The van der Waals surface area contributed by atoms with Crippen LogP contribution >= 0.6 is 0 Å². The first-order valence-electron chi connectivity index (χ1n) is 10.1. The second-order valence-electron chi connectivity index (χ2n) is 7.11. The maximum Gasteiger partial charge on any atom is 0.218 e. The molecule has 0 bridgehead atoms. The molecule has 0 radical (unpaired) electrons. The maximum atomic E-state index is 4.73. The molecule has 0 atom stereocenters. The van der Waals surface area contributed by atoms with Gasteiger partial charge in [0.05, 0.1) is 12.2 Å². The van der Waals surface area contributed by atoms with Crippen molar-refractivity contribution < 1.29 is 0 Å². The highest BCUT2D eigenvalue weighted by Gasteiger charge is 2.06. The van der Waals surface area contributed by atoms with Gasteiger partial charge in [0.2, 0.25) is 11.9 Å². The van der Waals surface area contributed by atoms with Gasteiger partial charge >= 0.3 is 0 Å². The number of pyridine rings is 1. The van der Waals surface area contributed by atoms with Crippen molar-refractivity contribution in [3.05, 3.63) is 59.9 Å². The SMILES string of the molecule is C(=N\C1=NCCCN1)/c1ccc2nc(-c3ccc(/C=N/C4=NCCN4)cc3)cn2c1.